The van der Waals surface area contributed by atoms with E-state index in [1.54, 1.807) is 0 Å². The van der Waals surface area contributed by atoms with E-state index in [9.17, 15) is 14.9 Å². The predicted molar refractivity (Wildman–Crippen MR) is 98.9 cm³/mol. The molecule has 0 heterocycles. The number of nitrogens with one attached hydrogen (secondary N) is 1. The van der Waals surface area contributed by atoms with E-state index in [1.165, 1.54) is 30.9 Å². The van der Waals surface area contributed by atoms with Crippen molar-refractivity contribution >= 4 is 17.3 Å². The number of methoxy groups -OCH3 is 1. The molecule has 138 valence electrons. The Morgan fingerprint density at radius 1 is 1.23 bits per heavy atom. The zero-order chi connectivity index (χ0) is 19.1. The highest BCUT2D eigenvalue weighted by atomic mass is 16.6. The number of ether oxygens (including phenoxy) is 2. The second-order valence-corrected chi connectivity index (χ2v) is 5.86. The van der Waals surface area contributed by atoms with E-state index in [4.69, 9.17) is 9.47 Å². The topological polar surface area (TPSA) is 90.7 Å². The van der Waals surface area contributed by atoms with E-state index in [2.05, 4.69) is 19.2 Å². The summed E-state index contributed by atoms with van der Waals surface area (Å²) >= 11 is 0. The monoisotopic (exact) mass is 358 g/mol. The fourth-order valence-corrected chi connectivity index (χ4v) is 2.36. The third-order valence-electron chi connectivity index (χ3n) is 4.10. The largest absolute Gasteiger partial charge is 0.496 e. The van der Waals surface area contributed by atoms with Gasteiger partial charge >= 0.3 is 5.69 Å². The zero-order valence-electron chi connectivity index (χ0n) is 15.0. The average molecular weight is 358 g/mol. The predicted octanol–water partition coefficient (Wildman–Crippen LogP) is 4.13. The number of nitrogens with zero attached hydrogens (tertiary/aromatic N) is 1. The zero-order valence-corrected chi connectivity index (χ0v) is 15.0. The molecule has 2 aromatic carbocycles. The van der Waals surface area contributed by atoms with Crippen molar-refractivity contribution in [2.45, 2.75) is 26.2 Å². The number of carbonyl (C=O) groups is 1. The Bertz CT molecular complexity index is 774. The van der Waals surface area contributed by atoms with Crippen molar-refractivity contribution < 1.29 is 19.2 Å². The third-order valence-corrected chi connectivity index (χ3v) is 4.10. The molecule has 0 aliphatic heterocycles. The van der Waals surface area contributed by atoms with Crippen molar-refractivity contribution in [3.8, 4) is 11.5 Å². The van der Waals surface area contributed by atoms with Crippen LogP contribution in [0.4, 0.5) is 11.4 Å². The first-order valence-corrected chi connectivity index (χ1v) is 8.29. The molecule has 1 atom stereocenters. The van der Waals surface area contributed by atoms with E-state index in [0.717, 1.165) is 6.42 Å². The number of hydrogen-bond acceptors (Lipinski definition) is 5. The molecule has 0 saturated heterocycles. The number of anilines is 1. The van der Waals surface area contributed by atoms with Crippen LogP contribution >= 0.6 is 0 Å². The van der Waals surface area contributed by atoms with Crippen molar-refractivity contribution in [3.63, 3.8) is 0 Å². The Morgan fingerprint density at radius 2 is 1.92 bits per heavy atom. The average Bonchev–Trinajstić information content (AvgIpc) is 2.66. The summed E-state index contributed by atoms with van der Waals surface area (Å²) in [7, 11) is 1.42. The maximum absolute atomic E-state index is 12.0. The maximum Gasteiger partial charge on any atom is 0.314 e. The molecule has 2 aromatic rings. The maximum atomic E-state index is 12.0. The number of nitro groups is 1. The van der Waals surface area contributed by atoms with E-state index in [0.29, 0.717) is 17.4 Å². The molecule has 0 aromatic heterocycles. The molecule has 26 heavy (non-hydrogen) atoms. The van der Waals surface area contributed by atoms with Crippen LogP contribution in [0.5, 0.6) is 11.5 Å². The van der Waals surface area contributed by atoms with Crippen LogP contribution in [0.3, 0.4) is 0 Å². The van der Waals surface area contributed by atoms with Gasteiger partial charge in [0.1, 0.15) is 5.75 Å². The van der Waals surface area contributed by atoms with Gasteiger partial charge in [0.2, 0.25) is 0 Å². The normalized spacial score (nSPS) is 11.5. The van der Waals surface area contributed by atoms with Crippen LogP contribution in [-0.4, -0.2) is 24.5 Å². The summed E-state index contributed by atoms with van der Waals surface area (Å²) in [5.74, 6) is 0.415. The molecular formula is C19H22N2O5. The van der Waals surface area contributed by atoms with Crippen LogP contribution < -0.4 is 14.8 Å². The van der Waals surface area contributed by atoms with Crippen molar-refractivity contribution in [2.75, 3.05) is 19.0 Å². The summed E-state index contributed by atoms with van der Waals surface area (Å²) < 4.78 is 10.3. The SMILES string of the molecule is CC[C@H](C)c1ccc(NC(=O)COc2ccc(OC)cc2[N+](=O)[O-])cc1. The fourth-order valence-electron chi connectivity index (χ4n) is 2.36. The van der Waals surface area contributed by atoms with Crippen molar-refractivity contribution in [1.29, 1.82) is 0 Å². The van der Waals surface area contributed by atoms with Gasteiger partial charge < -0.3 is 14.8 Å². The number of carbonyl (C=O) groups excluding carboxylic acids is 1. The molecule has 0 spiro atoms. The van der Waals surface area contributed by atoms with E-state index in [-0.39, 0.29) is 18.0 Å². The standard InChI is InChI=1S/C19H22N2O5/c1-4-13(2)14-5-7-15(8-6-14)20-19(22)12-26-18-10-9-16(25-3)11-17(18)21(23)24/h5-11,13H,4,12H2,1-3H3,(H,20,22)/t13-/m0/s1. The molecule has 0 aliphatic carbocycles. The number of rotatable bonds is 8. The van der Waals surface area contributed by atoms with Gasteiger partial charge in [0.05, 0.1) is 18.1 Å². The van der Waals surface area contributed by atoms with Gasteiger partial charge in [-0.05, 0) is 42.2 Å². The first-order valence-electron chi connectivity index (χ1n) is 8.29. The van der Waals surface area contributed by atoms with Crippen molar-refractivity contribution in [2.24, 2.45) is 0 Å². The molecule has 1 amide bonds. The van der Waals surface area contributed by atoms with Gasteiger partial charge in [0.25, 0.3) is 5.91 Å². The summed E-state index contributed by atoms with van der Waals surface area (Å²) in [6.07, 6.45) is 1.04. The molecule has 2 rings (SSSR count). The minimum atomic E-state index is -0.580. The van der Waals surface area contributed by atoms with E-state index >= 15 is 0 Å². The second-order valence-electron chi connectivity index (χ2n) is 5.86. The molecule has 7 nitrogen and oxygen atoms in total. The lowest BCUT2D eigenvalue weighted by atomic mass is 9.99. The van der Waals surface area contributed by atoms with Gasteiger partial charge in [0.15, 0.2) is 12.4 Å². The van der Waals surface area contributed by atoms with Gasteiger partial charge in [-0.2, -0.15) is 0 Å². The summed E-state index contributed by atoms with van der Waals surface area (Å²) in [6, 6.07) is 11.8. The Kier molecular flexibility index (Phi) is 6.54. The molecule has 0 radical (unpaired) electrons. The second kappa shape index (κ2) is 8.84. The Hall–Kier alpha value is -3.09. The van der Waals surface area contributed by atoms with Crippen LogP contribution in [0.2, 0.25) is 0 Å². The molecule has 0 unspecified atom stereocenters. The molecule has 0 fully saturated rings. The Labute approximate surface area is 152 Å². The summed E-state index contributed by atoms with van der Waals surface area (Å²) in [6.45, 7) is 3.93. The van der Waals surface area contributed by atoms with Crippen LogP contribution in [0.25, 0.3) is 0 Å². The minimum absolute atomic E-state index is 0.0121. The fraction of sp³-hybridized carbons (Fsp3) is 0.316. The third kappa shape index (κ3) is 4.95. The van der Waals surface area contributed by atoms with Crippen LogP contribution in [0, 0.1) is 10.1 Å². The van der Waals surface area contributed by atoms with Gasteiger partial charge in [-0.25, -0.2) is 0 Å². The smallest absolute Gasteiger partial charge is 0.314 e. The lowest BCUT2D eigenvalue weighted by molar-refractivity contribution is -0.385. The summed E-state index contributed by atoms with van der Waals surface area (Å²) in [5.41, 5.74) is 1.60. The van der Waals surface area contributed by atoms with Crippen molar-refractivity contribution in [1.82, 2.24) is 0 Å². The Morgan fingerprint density at radius 3 is 2.50 bits per heavy atom. The highest BCUT2D eigenvalue weighted by Crippen LogP contribution is 2.31. The number of hydrogen-bond donors (Lipinski definition) is 1. The lowest BCUT2D eigenvalue weighted by Gasteiger charge is -2.11. The molecule has 7 heteroatoms. The van der Waals surface area contributed by atoms with Gasteiger partial charge in [0, 0.05) is 5.69 Å². The number of benzene rings is 2. The molecule has 1 N–H and O–H groups in total. The quantitative estimate of drug-likeness (QED) is 0.566. The van der Waals surface area contributed by atoms with E-state index in [1.807, 2.05) is 24.3 Å². The number of amides is 1. The highest BCUT2D eigenvalue weighted by Gasteiger charge is 2.17. The van der Waals surface area contributed by atoms with Crippen LogP contribution in [0.15, 0.2) is 42.5 Å². The number of nitro benzene ring substituents is 1. The van der Waals surface area contributed by atoms with Gasteiger partial charge in [-0.3, -0.25) is 14.9 Å². The summed E-state index contributed by atoms with van der Waals surface area (Å²) in [5, 5.41) is 13.8. The Balaban J connectivity index is 1.97. The van der Waals surface area contributed by atoms with E-state index < -0.39 is 10.8 Å². The summed E-state index contributed by atoms with van der Waals surface area (Å²) in [4.78, 5) is 22.6. The molecule has 0 saturated carbocycles. The molecule has 0 aliphatic rings. The first-order chi connectivity index (χ1) is 12.4. The van der Waals surface area contributed by atoms with Gasteiger partial charge in [-0.1, -0.05) is 26.0 Å². The lowest BCUT2D eigenvalue weighted by Crippen LogP contribution is -2.20. The van der Waals surface area contributed by atoms with Crippen LogP contribution in [-0.2, 0) is 4.79 Å². The van der Waals surface area contributed by atoms with Crippen molar-refractivity contribution in [3.05, 3.63) is 58.1 Å². The first kappa shape index (κ1) is 19.2. The highest BCUT2D eigenvalue weighted by molar-refractivity contribution is 5.91. The molecular weight excluding hydrogens is 336 g/mol. The van der Waals surface area contributed by atoms with Gasteiger partial charge in [-0.15, -0.1) is 0 Å². The molecule has 0 bridgehead atoms. The van der Waals surface area contributed by atoms with Crippen LogP contribution in [0.1, 0.15) is 31.7 Å². The minimum Gasteiger partial charge on any atom is -0.496 e.